The monoisotopic (exact) mass is 445 g/mol. The Balaban J connectivity index is 1.31. The van der Waals surface area contributed by atoms with Crippen molar-refractivity contribution in [2.45, 2.75) is 37.1 Å². The van der Waals surface area contributed by atoms with Gasteiger partial charge in [-0.15, -0.1) is 0 Å². The van der Waals surface area contributed by atoms with Gasteiger partial charge < -0.3 is 14.4 Å². The van der Waals surface area contributed by atoms with E-state index in [1.165, 1.54) is 19.3 Å². The summed E-state index contributed by atoms with van der Waals surface area (Å²) in [5.41, 5.74) is 0.848. The lowest BCUT2D eigenvalue weighted by Gasteiger charge is -2.45. The molecule has 1 atom stereocenters. The molecule has 0 saturated carbocycles. The Labute approximate surface area is 182 Å². The van der Waals surface area contributed by atoms with Gasteiger partial charge >= 0.3 is 0 Å². The van der Waals surface area contributed by atoms with Crippen LogP contribution in [0.5, 0.6) is 0 Å². The van der Waals surface area contributed by atoms with Crippen molar-refractivity contribution in [1.82, 2.24) is 15.1 Å². The Kier molecular flexibility index (Phi) is 4.67. The number of Topliss-reactive ketones (excluding diaryl/α,β-unsaturated/α-hetero) is 1. The minimum atomic E-state index is -1.98. The molecule has 1 aromatic heterocycles. The number of ether oxygens (including phenoxy) is 2. The van der Waals surface area contributed by atoms with Crippen molar-refractivity contribution in [3.8, 4) is 0 Å². The van der Waals surface area contributed by atoms with Crippen LogP contribution in [0.25, 0.3) is 10.9 Å². The third-order valence-corrected chi connectivity index (χ3v) is 6.69. The number of aromatic nitrogens is 2. The van der Waals surface area contributed by atoms with Gasteiger partial charge in [0.05, 0.1) is 23.2 Å². The van der Waals surface area contributed by atoms with Gasteiger partial charge in [-0.3, -0.25) is 14.7 Å². The van der Waals surface area contributed by atoms with Crippen molar-refractivity contribution in [1.29, 1.82) is 0 Å². The highest BCUT2D eigenvalue weighted by atomic mass is 35.5. The van der Waals surface area contributed by atoms with Gasteiger partial charge in [-0.25, -0.2) is 4.39 Å². The van der Waals surface area contributed by atoms with Crippen LogP contribution in [0.2, 0.25) is 5.02 Å². The molecule has 1 aromatic carbocycles. The van der Waals surface area contributed by atoms with Crippen LogP contribution in [0.3, 0.4) is 0 Å². The molecule has 1 spiro atoms. The molecule has 3 heterocycles. The maximum atomic E-state index is 14.5. The fraction of sp³-hybridized carbons (Fsp3) is 0.409. The maximum absolute atomic E-state index is 14.5. The minimum absolute atomic E-state index is 0.123. The number of benzene rings is 1. The number of amides is 1. The van der Waals surface area contributed by atoms with Crippen molar-refractivity contribution >= 4 is 34.2 Å². The first kappa shape index (κ1) is 20.2. The van der Waals surface area contributed by atoms with Crippen molar-refractivity contribution in [2.24, 2.45) is 0 Å². The van der Waals surface area contributed by atoms with Crippen molar-refractivity contribution in [3.63, 3.8) is 0 Å². The molecule has 7 nitrogen and oxygen atoms in total. The number of fused-ring (bicyclic) bond motifs is 1. The van der Waals surface area contributed by atoms with E-state index in [0.29, 0.717) is 53.4 Å². The number of nitrogens with zero attached hydrogens (tertiary/aromatic N) is 2. The summed E-state index contributed by atoms with van der Waals surface area (Å²) in [7, 11) is 1.27. The van der Waals surface area contributed by atoms with Gasteiger partial charge in [0.1, 0.15) is 11.4 Å². The number of halogens is 2. The molecular formula is C22H21ClFN3O4. The van der Waals surface area contributed by atoms with Crippen LogP contribution in [0.4, 0.5) is 4.39 Å². The third-order valence-electron chi connectivity index (χ3n) is 6.39. The average Bonchev–Trinajstić information content (AvgIpc) is 3.24. The predicted molar refractivity (Wildman–Crippen MR) is 111 cm³/mol. The first-order valence-corrected chi connectivity index (χ1v) is 10.5. The molecule has 0 bridgehead atoms. The largest absolute Gasteiger partial charge is 0.486 e. The summed E-state index contributed by atoms with van der Waals surface area (Å²) < 4.78 is 25.6. The zero-order valence-electron chi connectivity index (χ0n) is 16.9. The molecule has 0 radical (unpaired) electrons. The van der Waals surface area contributed by atoms with E-state index in [2.05, 4.69) is 10.2 Å². The first-order chi connectivity index (χ1) is 14.8. The molecule has 1 aliphatic carbocycles. The second-order valence-electron chi connectivity index (χ2n) is 8.31. The van der Waals surface area contributed by atoms with Crippen molar-refractivity contribution < 1.29 is 23.5 Å². The number of methoxy groups -OCH3 is 1. The molecule has 3 aliphatic rings. The molecule has 31 heavy (non-hydrogen) atoms. The number of rotatable bonds is 2. The Morgan fingerprint density at radius 2 is 2.10 bits per heavy atom. The molecule has 1 saturated heterocycles. The highest BCUT2D eigenvalue weighted by molar-refractivity contribution is 6.35. The number of nitrogens with one attached hydrogen (secondary N) is 1. The van der Waals surface area contributed by atoms with Gasteiger partial charge in [0.2, 0.25) is 5.85 Å². The van der Waals surface area contributed by atoms with Crippen LogP contribution in [0, 0.1) is 0 Å². The molecule has 1 fully saturated rings. The fourth-order valence-corrected chi connectivity index (χ4v) is 4.81. The molecule has 5 rings (SSSR count). The normalized spacial score (nSPS) is 25.1. The number of likely N-dealkylation sites (tertiary alicyclic amines) is 1. The first-order valence-electron chi connectivity index (χ1n) is 10.1. The Bertz CT molecular complexity index is 1150. The number of ketones is 1. The zero-order valence-corrected chi connectivity index (χ0v) is 17.7. The van der Waals surface area contributed by atoms with E-state index in [-0.39, 0.29) is 24.5 Å². The van der Waals surface area contributed by atoms with Gasteiger partial charge in [-0.05, 0) is 24.3 Å². The molecule has 1 N–H and O–H groups in total. The molecule has 2 aliphatic heterocycles. The van der Waals surface area contributed by atoms with Crippen molar-refractivity contribution in [2.75, 3.05) is 20.2 Å². The standard InChI is InChI=1S/C22H21ClFN3O4/c1-30-22(24)3-2-18-15(10-22)17(28)11-21(31-18)4-6-27(7-5-21)20(29)13-8-14-12-25-26-19(14)16(23)9-13/h2-3,8-9,12H,4-7,10-11H2,1H3,(H,25,26). The van der Waals surface area contributed by atoms with Crippen LogP contribution in [0.1, 0.15) is 36.0 Å². The number of hydrogen-bond donors (Lipinski definition) is 1. The lowest BCUT2D eigenvalue weighted by atomic mass is 9.80. The summed E-state index contributed by atoms with van der Waals surface area (Å²) in [5, 5.41) is 7.99. The number of aromatic amines is 1. The number of carbonyl (C=O) groups excluding carboxylic acids is 2. The average molecular weight is 446 g/mol. The van der Waals surface area contributed by atoms with Gasteiger partial charge in [0, 0.05) is 56.0 Å². The topological polar surface area (TPSA) is 84.5 Å². The molecule has 9 heteroatoms. The van der Waals surface area contributed by atoms with Crippen LogP contribution in [-0.4, -0.2) is 58.4 Å². The lowest BCUT2D eigenvalue weighted by Crippen LogP contribution is -2.51. The highest BCUT2D eigenvalue weighted by Gasteiger charge is 2.47. The second-order valence-corrected chi connectivity index (χ2v) is 8.72. The third kappa shape index (κ3) is 3.43. The van der Waals surface area contributed by atoms with E-state index in [0.717, 1.165) is 5.39 Å². The minimum Gasteiger partial charge on any atom is -0.486 e. The summed E-state index contributed by atoms with van der Waals surface area (Å²) in [5.74, 6) is -1.81. The van der Waals surface area contributed by atoms with Gasteiger partial charge in [-0.2, -0.15) is 5.10 Å². The van der Waals surface area contributed by atoms with Crippen LogP contribution >= 0.6 is 11.6 Å². The fourth-order valence-electron chi connectivity index (χ4n) is 4.54. The van der Waals surface area contributed by atoms with E-state index in [4.69, 9.17) is 21.1 Å². The van der Waals surface area contributed by atoms with Gasteiger partial charge in [0.15, 0.2) is 5.78 Å². The van der Waals surface area contributed by atoms with E-state index < -0.39 is 11.5 Å². The number of H-pyrrole nitrogens is 1. The molecule has 1 unspecified atom stereocenters. The van der Waals surface area contributed by atoms with Crippen LogP contribution < -0.4 is 0 Å². The second kappa shape index (κ2) is 7.17. The number of hydrogen-bond acceptors (Lipinski definition) is 5. The van der Waals surface area contributed by atoms with Gasteiger partial charge in [-0.1, -0.05) is 11.6 Å². The zero-order chi connectivity index (χ0) is 21.8. The smallest absolute Gasteiger partial charge is 0.253 e. The Morgan fingerprint density at radius 3 is 2.84 bits per heavy atom. The van der Waals surface area contributed by atoms with E-state index in [9.17, 15) is 14.0 Å². The predicted octanol–water partition coefficient (Wildman–Crippen LogP) is 3.71. The van der Waals surface area contributed by atoms with E-state index in [1.807, 2.05) is 0 Å². The summed E-state index contributed by atoms with van der Waals surface area (Å²) in [6.45, 7) is 0.898. The van der Waals surface area contributed by atoms with Crippen LogP contribution in [0.15, 0.2) is 41.8 Å². The molecule has 2 aromatic rings. The number of allylic oxidation sites excluding steroid dienone is 1. The molecule has 162 valence electrons. The SMILES string of the molecule is COC1(F)C=CC2=C(C1)C(=O)CC1(CCN(C(=O)c3cc(Cl)c4[nH]ncc4c3)CC1)O2. The summed E-state index contributed by atoms with van der Waals surface area (Å²) >= 11 is 6.27. The van der Waals surface area contributed by atoms with E-state index in [1.54, 1.807) is 23.2 Å². The number of alkyl halides is 1. The Hall–Kier alpha value is -2.71. The number of piperidine rings is 1. The maximum Gasteiger partial charge on any atom is 0.253 e. The lowest BCUT2D eigenvalue weighted by molar-refractivity contribution is -0.133. The quantitative estimate of drug-likeness (QED) is 0.761. The van der Waals surface area contributed by atoms with E-state index >= 15 is 0 Å². The highest BCUT2D eigenvalue weighted by Crippen LogP contribution is 2.43. The molecule has 1 amide bonds. The number of carbonyl (C=O) groups is 2. The Morgan fingerprint density at radius 1 is 1.32 bits per heavy atom. The summed E-state index contributed by atoms with van der Waals surface area (Å²) in [4.78, 5) is 27.6. The molecular weight excluding hydrogens is 425 g/mol. The summed E-state index contributed by atoms with van der Waals surface area (Å²) in [6, 6.07) is 3.40. The van der Waals surface area contributed by atoms with Crippen LogP contribution in [-0.2, 0) is 14.3 Å². The summed E-state index contributed by atoms with van der Waals surface area (Å²) in [6.07, 6.45) is 5.46. The van der Waals surface area contributed by atoms with Crippen molar-refractivity contribution in [3.05, 3.63) is 52.4 Å². The van der Waals surface area contributed by atoms with Gasteiger partial charge in [0.25, 0.3) is 5.91 Å².